The van der Waals surface area contributed by atoms with Crippen LogP contribution in [0.15, 0.2) is 53.0 Å². The molecule has 2 aromatic carbocycles. The van der Waals surface area contributed by atoms with Gasteiger partial charge in [0.15, 0.2) is 6.61 Å². The van der Waals surface area contributed by atoms with Gasteiger partial charge in [0.1, 0.15) is 5.75 Å². The Labute approximate surface area is 145 Å². The number of rotatable bonds is 5. The number of benzene rings is 2. The highest BCUT2D eigenvalue weighted by Gasteiger charge is 2.20. The van der Waals surface area contributed by atoms with Gasteiger partial charge in [0.2, 0.25) is 0 Å². The minimum atomic E-state index is -0.0759. The van der Waals surface area contributed by atoms with E-state index in [0.717, 1.165) is 17.3 Å². The molecule has 3 rings (SSSR count). The van der Waals surface area contributed by atoms with Crippen molar-refractivity contribution < 1.29 is 9.53 Å². The van der Waals surface area contributed by atoms with E-state index in [0.29, 0.717) is 18.2 Å². The molecule has 0 aliphatic heterocycles. The summed E-state index contributed by atoms with van der Waals surface area (Å²) in [6.07, 6.45) is 3.46. The maximum atomic E-state index is 12.0. The van der Waals surface area contributed by atoms with Gasteiger partial charge in [-0.15, -0.1) is 0 Å². The van der Waals surface area contributed by atoms with Crippen LogP contribution in [0, 0.1) is 0 Å². The van der Waals surface area contributed by atoms with Gasteiger partial charge in [-0.3, -0.25) is 4.79 Å². The highest BCUT2D eigenvalue weighted by molar-refractivity contribution is 9.10. The molecule has 0 bridgehead atoms. The summed E-state index contributed by atoms with van der Waals surface area (Å²) in [5.74, 6) is 1.03. The molecule has 120 valence electrons. The molecule has 1 atom stereocenters. The van der Waals surface area contributed by atoms with Gasteiger partial charge in [-0.25, -0.2) is 0 Å². The van der Waals surface area contributed by atoms with Gasteiger partial charge in [0.05, 0.1) is 0 Å². The number of carbonyl (C=O) groups is 1. The molecule has 0 aromatic heterocycles. The second kappa shape index (κ2) is 7.64. The number of hydrogen-bond donors (Lipinski definition) is 1. The van der Waals surface area contributed by atoms with Crippen molar-refractivity contribution in [1.29, 1.82) is 0 Å². The van der Waals surface area contributed by atoms with Gasteiger partial charge < -0.3 is 10.1 Å². The van der Waals surface area contributed by atoms with E-state index in [4.69, 9.17) is 4.74 Å². The molecule has 3 nitrogen and oxygen atoms in total. The van der Waals surface area contributed by atoms with E-state index in [1.54, 1.807) is 0 Å². The van der Waals surface area contributed by atoms with E-state index in [9.17, 15) is 4.79 Å². The summed E-state index contributed by atoms with van der Waals surface area (Å²) in [6, 6.07) is 16.0. The van der Waals surface area contributed by atoms with Crippen LogP contribution in [0.5, 0.6) is 5.75 Å². The van der Waals surface area contributed by atoms with Crippen molar-refractivity contribution in [3.05, 3.63) is 64.1 Å². The molecule has 0 spiro atoms. The molecule has 4 heteroatoms. The monoisotopic (exact) mass is 373 g/mol. The van der Waals surface area contributed by atoms with Crippen LogP contribution in [0.1, 0.15) is 29.9 Å². The third kappa shape index (κ3) is 4.35. The lowest BCUT2D eigenvalue weighted by Gasteiger charge is -2.25. The first-order valence-corrected chi connectivity index (χ1v) is 8.74. The van der Waals surface area contributed by atoms with Crippen LogP contribution < -0.4 is 10.1 Å². The van der Waals surface area contributed by atoms with Gasteiger partial charge in [-0.2, -0.15) is 0 Å². The molecule has 0 radical (unpaired) electrons. The van der Waals surface area contributed by atoms with Crippen molar-refractivity contribution in [3.8, 4) is 5.75 Å². The van der Waals surface area contributed by atoms with Crippen LogP contribution in [-0.4, -0.2) is 19.1 Å². The second-order valence-corrected chi connectivity index (χ2v) is 6.75. The molecule has 23 heavy (non-hydrogen) atoms. The number of carbonyl (C=O) groups excluding carboxylic acids is 1. The maximum Gasteiger partial charge on any atom is 0.257 e. The molecule has 2 aromatic rings. The fourth-order valence-corrected chi connectivity index (χ4v) is 3.44. The highest BCUT2D eigenvalue weighted by Crippen LogP contribution is 2.30. The van der Waals surface area contributed by atoms with E-state index >= 15 is 0 Å². The fourth-order valence-electron chi connectivity index (χ4n) is 3.06. The van der Waals surface area contributed by atoms with E-state index in [1.165, 1.54) is 17.5 Å². The second-order valence-electron chi connectivity index (χ2n) is 5.84. The lowest BCUT2D eigenvalue weighted by atomic mass is 9.83. The Morgan fingerprint density at radius 1 is 1.22 bits per heavy atom. The average molecular weight is 374 g/mol. The number of nitrogens with one attached hydrogen (secondary N) is 1. The Morgan fingerprint density at radius 3 is 2.96 bits per heavy atom. The van der Waals surface area contributed by atoms with Crippen molar-refractivity contribution in [2.45, 2.75) is 25.2 Å². The number of aryl methyl sites for hydroxylation is 1. The normalized spacial score (nSPS) is 16.5. The van der Waals surface area contributed by atoms with Gasteiger partial charge in [-0.05, 0) is 48.6 Å². The van der Waals surface area contributed by atoms with Gasteiger partial charge in [0, 0.05) is 16.9 Å². The standard InChI is InChI=1S/C19H20BrNO2/c20-16-8-4-9-17(11-16)23-13-19(22)21-12-15-7-3-6-14-5-1-2-10-18(14)15/h1-2,4-5,8-11,15H,3,6-7,12-13H2,(H,21,22). The van der Waals surface area contributed by atoms with Crippen molar-refractivity contribution >= 4 is 21.8 Å². The van der Waals surface area contributed by atoms with Crippen LogP contribution in [0.25, 0.3) is 0 Å². The minimum Gasteiger partial charge on any atom is -0.484 e. The van der Waals surface area contributed by atoms with Crippen LogP contribution in [-0.2, 0) is 11.2 Å². The Balaban J connectivity index is 1.50. The quantitative estimate of drug-likeness (QED) is 0.857. The van der Waals surface area contributed by atoms with Gasteiger partial charge in [-0.1, -0.05) is 46.3 Å². The zero-order chi connectivity index (χ0) is 16.1. The smallest absolute Gasteiger partial charge is 0.257 e. The predicted octanol–water partition coefficient (Wildman–Crippen LogP) is 4.06. The first-order valence-electron chi connectivity index (χ1n) is 7.95. The topological polar surface area (TPSA) is 38.3 Å². The summed E-state index contributed by atoms with van der Waals surface area (Å²) in [5.41, 5.74) is 2.80. The Morgan fingerprint density at radius 2 is 2.09 bits per heavy atom. The average Bonchev–Trinajstić information content (AvgIpc) is 2.58. The van der Waals surface area contributed by atoms with Crippen LogP contribution >= 0.6 is 15.9 Å². The van der Waals surface area contributed by atoms with Crippen LogP contribution in [0.2, 0.25) is 0 Å². The summed E-state index contributed by atoms with van der Waals surface area (Å²) in [7, 11) is 0. The predicted molar refractivity (Wildman–Crippen MR) is 94.8 cm³/mol. The lowest BCUT2D eigenvalue weighted by Crippen LogP contribution is -2.33. The van der Waals surface area contributed by atoms with E-state index in [1.807, 2.05) is 24.3 Å². The molecule has 1 aliphatic carbocycles. The summed E-state index contributed by atoms with van der Waals surface area (Å²) in [6.45, 7) is 0.725. The van der Waals surface area contributed by atoms with E-state index in [2.05, 4.69) is 45.5 Å². The molecule has 0 fully saturated rings. The van der Waals surface area contributed by atoms with Crippen LogP contribution in [0.3, 0.4) is 0 Å². The van der Waals surface area contributed by atoms with E-state index < -0.39 is 0 Å². The summed E-state index contributed by atoms with van der Waals surface area (Å²) in [4.78, 5) is 12.0. The zero-order valence-electron chi connectivity index (χ0n) is 12.9. The van der Waals surface area contributed by atoms with Crippen molar-refractivity contribution in [2.24, 2.45) is 0 Å². The molecule has 0 saturated carbocycles. The molecule has 1 N–H and O–H groups in total. The Hall–Kier alpha value is -1.81. The van der Waals surface area contributed by atoms with Gasteiger partial charge in [0.25, 0.3) is 5.91 Å². The largest absolute Gasteiger partial charge is 0.484 e. The Bertz CT molecular complexity index is 687. The third-order valence-corrected chi connectivity index (χ3v) is 4.70. The number of amides is 1. The minimum absolute atomic E-state index is 0.0464. The number of halogens is 1. The number of fused-ring (bicyclic) bond motifs is 1. The summed E-state index contributed by atoms with van der Waals surface area (Å²) < 4.78 is 6.46. The number of hydrogen-bond acceptors (Lipinski definition) is 2. The molecule has 0 heterocycles. The SMILES string of the molecule is O=C(COc1cccc(Br)c1)NCC1CCCc2ccccc21. The van der Waals surface area contributed by atoms with Crippen molar-refractivity contribution in [2.75, 3.05) is 13.2 Å². The molecule has 1 aliphatic rings. The number of ether oxygens (including phenoxy) is 1. The maximum absolute atomic E-state index is 12.0. The first-order chi connectivity index (χ1) is 11.2. The van der Waals surface area contributed by atoms with Crippen molar-refractivity contribution in [3.63, 3.8) is 0 Å². The molecular formula is C19H20BrNO2. The van der Waals surface area contributed by atoms with Crippen LogP contribution in [0.4, 0.5) is 0 Å². The summed E-state index contributed by atoms with van der Waals surface area (Å²) >= 11 is 3.39. The van der Waals surface area contributed by atoms with E-state index in [-0.39, 0.29) is 12.5 Å². The third-order valence-electron chi connectivity index (χ3n) is 4.21. The van der Waals surface area contributed by atoms with Gasteiger partial charge >= 0.3 is 0 Å². The van der Waals surface area contributed by atoms with Crippen molar-refractivity contribution in [1.82, 2.24) is 5.32 Å². The zero-order valence-corrected chi connectivity index (χ0v) is 14.5. The molecular weight excluding hydrogens is 354 g/mol. The summed E-state index contributed by atoms with van der Waals surface area (Å²) in [5, 5.41) is 3.00. The molecule has 0 saturated heterocycles. The first kappa shape index (κ1) is 16.1. The highest BCUT2D eigenvalue weighted by atomic mass is 79.9. The molecule has 1 amide bonds. The lowest BCUT2D eigenvalue weighted by molar-refractivity contribution is -0.123. The fraction of sp³-hybridized carbons (Fsp3) is 0.316. The Kier molecular flexibility index (Phi) is 5.34. The molecule has 1 unspecified atom stereocenters.